The maximum atomic E-state index is 13.2. The molecule has 53 heavy (non-hydrogen) atoms. The fourth-order valence-electron chi connectivity index (χ4n) is 5.89. The van der Waals surface area contributed by atoms with E-state index in [1.807, 2.05) is 18.2 Å². The number of ketones is 2. The molecule has 1 aliphatic carbocycles. The van der Waals surface area contributed by atoms with Gasteiger partial charge in [0.25, 0.3) is 0 Å². The van der Waals surface area contributed by atoms with Crippen molar-refractivity contribution < 1.29 is 38.2 Å². The quantitative estimate of drug-likeness (QED) is 0.109. The molecule has 0 saturated carbocycles. The number of ether oxygens (including phenoxy) is 3. The SMILES string of the molecule is N#Cc1ccc(-c2ccc(C(=O)OC(COC(=O)c3ccc(OC(=O)c4ccc5c(c4)C(=O)c4ccccc4C5=O)cc3)c3ccccc3)cc2)cc1. The van der Waals surface area contributed by atoms with E-state index in [0.29, 0.717) is 22.3 Å². The van der Waals surface area contributed by atoms with Gasteiger partial charge in [0.15, 0.2) is 17.7 Å². The number of nitrogens with zero attached hydrogens (tertiary/aromatic N) is 1. The summed E-state index contributed by atoms with van der Waals surface area (Å²) < 4.78 is 16.8. The summed E-state index contributed by atoms with van der Waals surface area (Å²) in [5.74, 6) is -2.56. The Morgan fingerprint density at radius 1 is 0.547 bits per heavy atom. The number of carbonyl (C=O) groups is 5. The van der Waals surface area contributed by atoms with Crippen molar-refractivity contribution >= 4 is 29.5 Å². The van der Waals surface area contributed by atoms with E-state index in [0.717, 1.165) is 11.1 Å². The average Bonchev–Trinajstić information content (AvgIpc) is 3.21. The highest BCUT2D eigenvalue weighted by molar-refractivity contribution is 6.28. The molecule has 0 amide bonds. The van der Waals surface area contributed by atoms with Gasteiger partial charge in [-0.05, 0) is 83.4 Å². The zero-order valence-corrected chi connectivity index (χ0v) is 27.9. The third-order valence-corrected chi connectivity index (χ3v) is 8.72. The van der Waals surface area contributed by atoms with Crippen molar-refractivity contribution in [2.75, 3.05) is 6.61 Å². The minimum atomic E-state index is -0.904. The van der Waals surface area contributed by atoms with Crippen molar-refractivity contribution in [1.29, 1.82) is 5.26 Å². The summed E-state index contributed by atoms with van der Waals surface area (Å²) in [6.45, 7) is -0.265. The molecule has 0 N–H and O–H groups in total. The molecular formula is C44H27NO8. The summed E-state index contributed by atoms with van der Waals surface area (Å²) in [5, 5.41) is 9.04. The molecule has 0 saturated heterocycles. The standard InChI is InChI=1S/C44H27NO8/c45-25-27-10-12-28(13-11-27)29-14-16-32(17-15-29)43(49)53-39(30-6-2-1-3-7-30)26-51-42(48)31-18-21-34(22-19-31)52-44(50)33-20-23-37-38(24-33)41(47)36-9-5-4-8-35(36)40(37)46/h1-24,39H,26H2. The van der Waals surface area contributed by atoms with E-state index in [9.17, 15) is 24.0 Å². The number of nitriles is 1. The molecule has 0 spiro atoms. The van der Waals surface area contributed by atoms with Gasteiger partial charge in [0.1, 0.15) is 12.4 Å². The maximum absolute atomic E-state index is 13.2. The predicted molar refractivity (Wildman–Crippen MR) is 193 cm³/mol. The maximum Gasteiger partial charge on any atom is 0.343 e. The van der Waals surface area contributed by atoms with Gasteiger partial charge in [-0.2, -0.15) is 5.26 Å². The first kappa shape index (κ1) is 34.0. The smallest absolute Gasteiger partial charge is 0.343 e. The van der Waals surface area contributed by atoms with Crippen LogP contribution >= 0.6 is 0 Å². The van der Waals surface area contributed by atoms with Gasteiger partial charge in [-0.25, -0.2) is 14.4 Å². The number of fused-ring (bicyclic) bond motifs is 2. The van der Waals surface area contributed by atoms with Crippen LogP contribution in [0.1, 0.15) is 80.1 Å². The number of hydrogen-bond acceptors (Lipinski definition) is 9. The van der Waals surface area contributed by atoms with Crippen LogP contribution in [0.4, 0.5) is 0 Å². The number of carbonyl (C=O) groups excluding carboxylic acids is 5. The molecule has 256 valence electrons. The van der Waals surface area contributed by atoms with E-state index < -0.39 is 24.0 Å². The van der Waals surface area contributed by atoms with Crippen LogP contribution in [0.3, 0.4) is 0 Å². The molecule has 0 fully saturated rings. The Kier molecular flexibility index (Phi) is 9.51. The molecule has 7 rings (SSSR count). The Balaban J connectivity index is 0.982. The van der Waals surface area contributed by atoms with Gasteiger partial charge in [-0.15, -0.1) is 0 Å². The van der Waals surface area contributed by atoms with Gasteiger partial charge in [-0.3, -0.25) is 9.59 Å². The summed E-state index contributed by atoms with van der Waals surface area (Å²) in [6, 6.07) is 41.4. The van der Waals surface area contributed by atoms with Crippen molar-refractivity contribution in [3.63, 3.8) is 0 Å². The highest BCUT2D eigenvalue weighted by atomic mass is 16.6. The summed E-state index contributed by atoms with van der Waals surface area (Å²) in [7, 11) is 0. The highest BCUT2D eigenvalue weighted by Gasteiger charge is 2.30. The molecule has 1 aliphatic rings. The summed E-state index contributed by atoms with van der Waals surface area (Å²) >= 11 is 0. The second kappa shape index (κ2) is 14.8. The lowest BCUT2D eigenvalue weighted by atomic mass is 9.83. The van der Waals surface area contributed by atoms with E-state index in [2.05, 4.69) is 6.07 Å². The molecule has 0 heterocycles. The molecule has 1 atom stereocenters. The van der Waals surface area contributed by atoms with E-state index >= 15 is 0 Å². The van der Waals surface area contributed by atoms with E-state index in [1.165, 1.54) is 42.5 Å². The molecule has 0 aromatic heterocycles. The summed E-state index contributed by atoms with van der Waals surface area (Å²) in [5.41, 5.74) is 4.41. The first-order valence-electron chi connectivity index (χ1n) is 16.5. The molecule has 0 bridgehead atoms. The summed E-state index contributed by atoms with van der Waals surface area (Å²) in [6.07, 6.45) is -0.904. The lowest BCUT2D eigenvalue weighted by Gasteiger charge is -2.19. The molecule has 0 aliphatic heterocycles. The Morgan fingerprint density at radius 2 is 1.08 bits per heavy atom. The minimum absolute atomic E-state index is 0.0801. The summed E-state index contributed by atoms with van der Waals surface area (Å²) in [4.78, 5) is 65.2. The van der Waals surface area contributed by atoms with Gasteiger partial charge in [0.2, 0.25) is 0 Å². The second-order valence-corrected chi connectivity index (χ2v) is 12.0. The van der Waals surface area contributed by atoms with Gasteiger partial charge in [0.05, 0.1) is 28.3 Å². The molecule has 1 unspecified atom stereocenters. The van der Waals surface area contributed by atoms with Gasteiger partial charge in [0, 0.05) is 22.3 Å². The van der Waals surface area contributed by atoms with Crippen LogP contribution < -0.4 is 4.74 Å². The van der Waals surface area contributed by atoms with Crippen LogP contribution in [-0.2, 0) is 9.47 Å². The third kappa shape index (κ3) is 7.24. The number of hydrogen-bond donors (Lipinski definition) is 0. The van der Waals surface area contributed by atoms with Gasteiger partial charge in [-0.1, -0.05) is 78.9 Å². The van der Waals surface area contributed by atoms with Crippen LogP contribution in [0, 0.1) is 11.3 Å². The molecular weight excluding hydrogens is 670 g/mol. The predicted octanol–water partition coefficient (Wildman–Crippen LogP) is 7.97. The van der Waals surface area contributed by atoms with Crippen LogP contribution in [0.25, 0.3) is 11.1 Å². The van der Waals surface area contributed by atoms with Crippen molar-refractivity contribution in [3.8, 4) is 22.9 Å². The average molecular weight is 698 g/mol. The molecule has 6 aromatic carbocycles. The van der Waals surface area contributed by atoms with E-state index in [1.54, 1.807) is 84.9 Å². The molecule has 6 aromatic rings. The zero-order chi connectivity index (χ0) is 36.9. The second-order valence-electron chi connectivity index (χ2n) is 12.0. The fourth-order valence-corrected chi connectivity index (χ4v) is 5.89. The first-order chi connectivity index (χ1) is 25.8. The van der Waals surface area contributed by atoms with Gasteiger partial charge < -0.3 is 14.2 Å². The zero-order valence-electron chi connectivity index (χ0n) is 27.9. The monoisotopic (exact) mass is 697 g/mol. The van der Waals surface area contributed by atoms with E-state index in [-0.39, 0.29) is 51.7 Å². The minimum Gasteiger partial charge on any atom is -0.458 e. The Bertz CT molecular complexity index is 2430. The number of esters is 3. The van der Waals surface area contributed by atoms with Crippen LogP contribution in [0.5, 0.6) is 5.75 Å². The Morgan fingerprint density at radius 3 is 1.72 bits per heavy atom. The van der Waals surface area contributed by atoms with Crippen molar-refractivity contribution in [1.82, 2.24) is 0 Å². The molecule has 9 heteroatoms. The molecule has 0 radical (unpaired) electrons. The number of benzene rings is 6. The van der Waals surface area contributed by atoms with Crippen molar-refractivity contribution in [2.45, 2.75) is 6.10 Å². The van der Waals surface area contributed by atoms with Crippen molar-refractivity contribution in [2.24, 2.45) is 0 Å². The number of rotatable bonds is 9. The first-order valence-corrected chi connectivity index (χ1v) is 16.5. The van der Waals surface area contributed by atoms with Crippen LogP contribution in [0.15, 0.2) is 146 Å². The lowest BCUT2D eigenvalue weighted by Crippen LogP contribution is -2.22. The van der Waals surface area contributed by atoms with Crippen LogP contribution in [-0.4, -0.2) is 36.1 Å². The third-order valence-electron chi connectivity index (χ3n) is 8.72. The Hall–Kier alpha value is -7.44. The van der Waals surface area contributed by atoms with Gasteiger partial charge >= 0.3 is 17.9 Å². The normalized spacial score (nSPS) is 12.1. The van der Waals surface area contributed by atoms with E-state index in [4.69, 9.17) is 19.5 Å². The van der Waals surface area contributed by atoms with Crippen LogP contribution in [0.2, 0.25) is 0 Å². The topological polar surface area (TPSA) is 137 Å². The molecule has 9 nitrogen and oxygen atoms in total. The highest BCUT2D eigenvalue weighted by Crippen LogP contribution is 2.29. The largest absolute Gasteiger partial charge is 0.458 e. The Labute approximate surface area is 303 Å². The van der Waals surface area contributed by atoms with Crippen molar-refractivity contribution in [3.05, 3.63) is 196 Å². The lowest BCUT2D eigenvalue weighted by molar-refractivity contribution is -0.00134. The fraction of sp³-hybridized carbons (Fsp3) is 0.0455.